The first-order valence-electron chi connectivity index (χ1n) is 6.38. The Morgan fingerprint density at radius 2 is 2.35 bits per heavy atom. The third-order valence-electron chi connectivity index (χ3n) is 3.58. The predicted octanol–water partition coefficient (Wildman–Crippen LogP) is 1.13. The van der Waals surface area contributed by atoms with E-state index < -0.39 is 11.5 Å². The molecule has 0 spiro atoms. The maximum atomic E-state index is 11.3. The van der Waals surface area contributed by atoms with Crippen LogP contribution in [0.5, 0.6) is 0 Å². The summed E-state index contributed by atoms with van der Waals surface area (Å²) in [6.07, 6.45) is 1.14. The summed E-state index contributed by atoms with van der Waals surface area (Å²) in [4.78, 5) is 13.3. The van der Waals surface area contributed by atoms with Crippen molar-refractivity contribution < 1.29 is 9.90 Å². The predicted molar refractivity (Wildman–Crippen MR) is 77.5 cm³/mol. The second kappa shape index (κ2) is 5.92. The molecule has 0 aromatic heterocycles. The number of hydrogen-bond donors (Lipinski definition) is 2. The molecule has 1 atom stereocenters. The van der Waals surface area contributed by atoms with Crippen molar-refractivity contribution in [3.8, 4) is 6.07 Å². The zero-order valence-electron chi connectivity index (χ0n) is 11.0. The van der Waals surface area contributed by atoms with Crippen LogP contribution in [0, 0.1) is 11.3 Å². The molecule has 1 heterocycles. The van der Waals surface area contributed by atoms with Crippen LogP contribution < -0.4 is 5.73 Å². The summed E-state index contributed by atoms with van der Waals surface area (Å²) < 4.78 is 0.852. The highest BCUT2D eigenvalue weighted by Crippen LogP contribution is 2.25. The van der Waals surface area contributed by atoms with E-state index >= 15 is 0 Å². The van der Waals surface area contributed by atoms with Gasteiger partial charge in [-0.05, 0) is 37.1 Å². The van der Waals surface area contributed by atoms with Crippen LogP contribution in [0.2, 0.25) is 0 Å². The van der Waals surface area contributed by atoms with E-state index in [9.17, 15) is 9.90 Å². The van der Waals surface area contributed by atoms with Crippen LogP contribution >= 0.6 is 15.9 Å². The average molecular weight is 338 g/mol. The standard InChI is InChI=1S/C14H16BrN3O2/c15-12-6-10(7-16)2-3-11(12)8-18-5-1-4-14(20,9-18)13(17)19/h2-3,6,20H,1,4-5,8-9H2,(H2,17,19). The number of amides is 1. The molecule has 3 N–H and O–H groups in total. The van der Waals surface area contributed by atoms with Gasteiger partial charge in [0.15, 0.2) is 5.60 Å². The van der Waals surface area contributed by atoms with Gasteiger partial charge in [-0.15, -0.1) is 0 Å². The van der Waals surface area contributed by atoms with Gasteiger partial charge in [0.2, 0.25) is 0 Å². The number of nitriles is 1. The lowest BCUT2D eigenvalue weighted by Crippen LogP contribution is -2.55. The van der Waals surface area contributed by atoms with E-state index in [0.29, 0.717) is 18.5 Å². The summed E-state index contributed by atoms with van der Waals surface area (Å²) in [6.45, 7) is 1.65. The van der Waals surface area contributed by atoms with Gasteiger partial charge in [0.05, 0.1) is 11.6 Å². The molecule has 0 radical (unpaired) electrons. The second-order valence-corrected chi connectivity index (χ2v) is 5.98. The molecular weight excluding hydrogens is 322 g/mol. The molecule has 0 saturated carbocycles. The first-order valence-corrected chi connectivity index (χ1v) is 7.17. The van der Waals surface area contributed by atoms with Gasteiger partial charge in [-0.3, -0.25) is 9.69 Å². The lowest BCUT2D eigenvalue weighted by atomic mass is 9.92. The number of aliphatic hydroxyl groups is 1. The quantitative estimate of drug-likeness (QED) is 0.865. The highest BCUT2D eigenvalue weighted by molar-refractivity contribution is 9.10. The number of primary amides is 1. The molecule has 1 unspecified atom stereocenters. The van der Waals surface area contributed by atoms with E-state index in [2.05, 4.69) is 22.0 Å². The summed E-state index contributed by atoms with van der Waals surface area (Å²) in [5, 5.41) is 19.0. The minimum atomic E-state index is -1.43. The van der Waals surface area contributed by atoms with Crippen molar-refractivity contribution in [2.45, 2.75) is 25.0 Å². The van der Waals surface area contributed by atoms with Gasteiger partial charge in [0, 0.05) is 17.6 Å². The Kier molecular flexibility index (Phi) is 4.43. The lowest BCUT2D eigenvalue weighted by molar-refractivity contribution is -0.142. The molecule has 1 aliphatic heterocycles. The molecule has 1 saturated heterocycles. The number of carbonyl (C=O) groups excluding carboxylic acids is 1. The van der Waals surface area contributed by atoms with Crippen LogP contribution in [0.3, 0.4) is 0 Å². The number of hydrogen-bond acceptors (Lipinski definition) is 4. The van der Waals surface area contributed by atoms with Gasteiger partial charge in [-0.1, -0.05) is 22.0 Å². The fraction of sp³-hybridized carbons (Fsp3) is 0.429. The first-order chi connectivity index (χ1) is 9.44. The highest BCUT2D eigenvalue weighted by atomic mass is 79.9. The largest absolute Gasteiger partial charge is 0.379 e. The van der Waals surface area contributed by atoms with E-state index in [1.54, 1.807) is 12.1 Å². The van der Waals surface area contributed by atoms with E-state index in [1.807, 2.05) is 11.0 Å². The van der Waals surface area contributed by atoms with Gasteiger partial charge < -0.3 is 10.8 Å². The maximum Gasteiger partial charge on any atom is 0.250 e. The third-order valence-corrected chi connectivity index (χ3v) is 4.32. The highest BCUT2D eigenvalue weighted by Gasteiger charge is 2.38. The van der Waals surface area contributed by atoms with Crippen molar-refractivity contribution in [2.75, 3.05) is 13.1 Å². The van der Waals surface area contributed by atoms with Crippen molar-refractivity contribution in [1.29, 1.82) is 5.26 Å². The molecule has 1 aromatic rings. The molecule has 6 heteroatoms. The number of halogens is 1. The fourth-order valence-electron chi connectivity index (χ4n) is 2.45. The van der Waals surface area contributed by atoms with Crippen LogP contribution in [0.1, 0.15) is 24.0 Å². The Morgan fingerprint density at radius 3 is 2.95 bits per heavy atom. The lowest BCUT2D eigenvalue weighted by Gasteiger charge is -2.37. The van der Waals surface area contributed by atoms with E-state index in [4.69, 9.17) is 11.0 Å². The van der Waals surface area contributed by atoms with Crippen LogP contribution in [0.15, 0.2) is 22.7 Å². The topological polar surface area (TPSA) is 90.3 Å². The van der Waals surface area contributed by atoms with Crippen molar-refractivity contribution in [2.24, 2.45) is 5.73 Å². The number of carbonyl (C=O) groups is 1. The monoisotopic (exact) mass is 337 g/mol. The smallest absolute Gasteiger partial charge is 0.250 e. The molecule has 5 nitrogen and oxygen atoms in total. The molecule has 1 fully saturated rings. The number of nitrogens with two attached hydrogens (primary N) is 1. The minimum absolute atomic E-state index is 0.245. The van der Waals surface area contributed by atoms with E-state index in [1.165, 1.54) is 0 Å². The Balaban J connectivity index is 2.11. The molecule has 2 rings (SSSR count). The van der Waals surface area contributed by atoms with E-state index in [0.717, 1.165) is 23.0 Å². The zero-order valence-corrected chi connectivity index (χ0v) is 12.6. The molecule has 0 aliphatic carbocycles. The molecule has 20 heavy (non-hydrogen) atoms. The van der Waals surface area contributed by atoms with Gasteiger partial charge in [-0.25, -0.2) is 0 Å². The minimum Gasteiger partial charge on any atom is -0.379 e. The number of nitrogens with zero attached hydrogens (tertiary/aromatic N) is 2. The van der Waals surface area contributed by atoms with Crippen LogP contribution in [0.4, 0.5) is 0 Å². The van der Waals surface area contributed by atoms with E-state index in [-0.39, 0.29) is 6.54 Å². The molecule has 1 amide bonds. The summed E-state index contributed by atoms with van der Waals surface area (Å²) in [5.41, 5.74) is 5.43. The number of likely N-dealkylation sites (tertiary alicyclic amines) is 1. The summed E-state index contributed by atoms with van der Waals surface area (Å²) in [5.74, 6) is -0.666. The summed E-state index contributed by atoms with van der Waals surface area (Å²) in [7, 11) is 0. The van der Waals surface area contributed by atoms with Crippen molar-refractivity contribution >= 4 is 21.8 Å². The van der Waals surface area contributed by atoms with Crippen LogP contribution in [-0.4, -0.2) is 34.6 Å². The number of benzene rings is 1. The number of rotatable bonds is 3. The molecular formula is C14H16BrN3O2. The maximum absolute atomic E-state index is 11.3. The van der Waals surface area contributed by atoms with Gasteiger partial charge >= 0.3 is 0 Å². The van der Waals surface area contributed by atoms with Gasteiger partial charge in [0.1, 0.15) is 0 Å². The Bertz CT molecular complexity index is 570. The van der Waals surface area contributed by atoms with Crippen molar-refractivity contribution in [1.82, 2.24) is 4.90 Å². The Morgan fingerprint density at radius 1 is 1.60 bits per heavy atom. The van der Waals surface area contributed by atoms with Crippen molar-refractivity contribution in [3.63, 3.8) is 0 Å². The molecule has 106 valence electrons. The van der Waals surface area contributed by atoms with Crippen LogP contribution in [0.25, 0.3) is 0 Å². The molecule has 1 aliphatic rings. The molecule has 0 bridgehead atoms. The zero-order chi connectivity index (χ0) is 14.8. The summed E-state index contributed by atoms with van der Waals surface area (Å²) in [6, 6.07) is 7.48. The van der Waals surface area contributed by atoms with Crippen molar-refractivity contribution in [3.05, 3.63) is 33.8 Å². The number of β-amino-alcohol motifs (C(OH)–C–C–N with tert-alkyl or cyclic N) is 1. The van der Waals surface area contributed by atoms with Gasteiger partial charge in [0.25, 0.3) is 5.91 Å². The SMILES string of the molecule is N#Cc1ccc(CN2CCCC(O)(C(N)=O)C2)c(Br)c1. The number of piperidine rings is 1. The summed E-state index contributed by atoms with van der Waals surface area (Å²) >= 11 is 3.44. The fourth-order valence-corrected chi connectivity index (χ4v) is 2.95. The van der Waals surface area contributed by atoms with Crippen LogP contribution in [-0.2, 0) is 11.3 Å². The average Bonchev–Trinajstić information content (AvgIpc) is 2.41. The van der Waals surface area contributed by atoms with Gasteiger partial charge in [-0.2, -0.15) is 5.26 Å². The normalized spacial score (nSPS) is 23.2. The first kappa shape index (κ1) is 15.0. The molecule has 1 aromatic carbocycles. The second-order valence-electron chi connectivity index (χ2n) is 5.13. The Hall–Kier alpha value is -1.42. The third kappa shape index (κ3) is 3.18. The Labute approximate surface area is 126 Å².